The number of fused-ring (bicyclic) bond motifs is 1. The number of nitrogens with zero attached hydrogens (tertiary/aromatic N) is 1. The maximum absolute atomic E-state index is 11.2. The van der Waals surface area contributed by atoms with Crippen LogP contribution in [0, 0.1) is 5.92 Å². The summed E-state index contributed by atoms with van der Waals surface area (Å²) in [6.45, 7) is 3.09. The third-order valence-electron chi connectivity index (χ3n) is 4.22. The Hall–Kier alpha value is -1.95. The smallest absolute Gasteiger partial charge is 0.262 e. The summed E-state index contributed by atoms with van der Waals surface area (Å²) < 4.78 is 16.9. The molecule has 2 N–H and O–H groups in total. The molecule has 2 heterocycles. The summed E-state index contributed by atoms with van der Waals surface area (Å²) >= 11 is 0. The van der Waals surface area contributed by atoms with Gasteiger partial charge in [0.05, 0.1) is 6.61 Å². The van der Waals surface area contributed by atoms with Gasteiger partial charge in [-0.2, -0.15) is 0 Å². The molecule has 0 spiro atoms. The Morgan fingerprint density at radius 3 is 2.86 bits per heavy atom. The molecular formula is C16H22N2O4. The molecule has 6 nitrogen and oxygen atoms in total. The van der Waals surface area contributed by atoms with Crippen LogP contribution in [0.1, 0.15) is 12.8 Å². The van der Waals surface area contributed by atoms with Crippen molar-refractivity contribution in [3.8, 4) is 17.2 Å². The summed E-state index contributed by atoms with van der Waals surface area (Å²) in [5.74, 6) is 1.91. The van der Waals surface area contributed by atoms with E-state index in [0.29, 0.717) is 24.0 Å². The summed E-state index contributed by atoms with van der Waals surface area (Å²) in [6, 6.07) is 5.43. The zero-order valence-electron chi connectivity index (χ0n) is 12.8. The first kappa shape index (κ1) is 15.0. The highest BCUT2D eigenvalue weighted by Gasteiger charge is 2.26. The zero-order valence-corrected chi connectivity index (χ0v) is 12.8. The van der Waals surface area contributed by atoms with Crippen molar-refractivity contribution in [2.24, 2.45) is 11.7 Å². The molecule has 1 fully saturated rings. The Bertz CT molecular complexity index is 541. The summed E-state index contributed by atoms with van der Waals surface area (Å²) in [4.78, 5) is 13.5. The van der Waals surface area contributed by atoms with E-state index in [1.54, 1.807) is 12.1 Å². The summed E-state index contributed by atoms with van der Waals surface area (Å²) in [5, 5.41) is 0. The van der Waals surface area contributed by atoms with E-state index in [0.717, 1.165) is 31.7 Å². The van der Waals surface area contributed by atoms with Gasteiger partial charge >= 0.3 is 0 Å². The fourth-order valence-electron chi connectivity index (χ4n) is 2.73. The van der Waals surface area contributed by atoms with Gasteiger partial charge < -0.3 is 24.8 Å². The van der Waals surface area contributed by atoms with Gasteiger partial charge in [-0.25, -0.2) is 0 Å². The number of nitrogens with two attached hydrogens (primary N) is 1. The Morgan fingerprint density at radius 2 is 2.14 bits per heavy atom. The first-order valence-corrected chi connectivity index (χ1v) is 7.66. The van der Waals surface area contributed by atoms with E-state index in [2.05, 4.69) is 11.9 Å². The highest BCUT2D eigenvalue weighted by molar-refractivity contribution is 5.79. The van der Waals surface area contributed by atoms with Crippen molar-refractivity contribution >= 4 is 5.91 Å². The van der Waals surface area contributed by atoms with Gasteiger partial charge in [-0.3, -0.25) is 4.79 Å². The molecule has 0 bridgehead atoms. The van der Waals surface area contributed by atoms with Crippen LogP contribution in [0.3, 0.4) is 0 Å². The first-order chi connectivity index (χ1) is 10.6. The second kappa shape index (κ2) is 6.44. The van der Waals surface area contributed by atoms with E-state index in [-0.39, 0.29) is 6.61 Å². The Labute approximate surface area is 130 Å². The number of likely N-dealkylation sites (tertiary alicyclic amines) is 1. The summed E-state index contributed by atoms with van der Waals surface area (Å²) in [6.07, 6.45) is 1.58. The molecule has 0 unspecified atom stereocenters. The predicted molar refractivity (Wildman–Crippen MR) is 81.3 cm³/mol. The van der Waals surface area contributed by atoms with Crippen molar-refractivity contribution < 1.29 is 19.0 Å². The lowest BCUT2D eigenvalue weighted by Crippen LogP contribution is -2.40. The Balaban J connectivity index is 1.59. The van der Waals surface area contributed by atoms with Crippen LogP contribution in [0.4, 0.5) is 0 Å². The largest absolute Gasteiger partial charge is 0.493 e. The van der Waals surface area contributed by atoms with E-state index >= 15 is 0 Å². The van der Waals surface area contributed by atoms with Crippen molar-refractivity contribution in [2.45, 2.75) is 18.9 Å². The highest BCUT2D eigenvalue weighted by Crippen LogP contribution is 2.35. The van der Waals surface area contributed by atoms with E-state index in [4.69, 9.17) is 19.9 Å². The lowest BCUT2D eigenvalue weighted by atomic mass is 9.98. The molecule has 3 rings (SSSR count). The fraction of sp³-hybridized carbons (Fsp3) is 0.562. The molecule has 0 aliphatic carbocycles. The standard InChI is InChI=1S/C16H22N2O4/c1-18-6-4-11(5-7-18)9-20-12-2-3-13-14(8-12)22-15(10-21-13)16(17)19/h2-3,8,11,15H,4-7,9-10H2,1H3,(H2,17,19)/t15-/m1/s1. The van der Waals surface area contributed by atoms with Gasteiger partial charge in [0.1, 0.15) is 12.4 Å². The maximum atomic E-state index is 11.2. The fourth-order valence-corrected chi connectivity index (χ4v) is 2.73. The van der Waals surface area contributed by atoms with E-state index in [1.165, 1.54) is 0 Å². The SMILES string of the molecule is CN1CCC(COc2ccc3c(c2)O[C@@H](C(N)=O)CO3)CC1. The van der Waals surface area contributed by atoms with Gasteiger partial charge in [0.15, 0.2) is 11.5 Å². The number of carbonyl (C=O) groups excluding carboxylic acids is 1. The molecule has 120 valence electrons. The first-order valence-electron chi connectivity index (χ1n) is 7.66. The normalized spacial score (nSPS) is 22.3. The molecule has 2 aliphatic heterocycles. The monoisotopic (exact) mass is 306 g/mol. The van der Waals surface area contributed by atoms with Crippen LogP contribution >= 0.6 is 0 Å². The second-order valence-corrected chi connectivity index (χ2v) is 5.99. The molecule has 1 atom stereocenters. The molecule has 22 heavy (non-hydrogen) atoms. The van der Waals surface area contributed by atoms with Crippen molar-refractivity contribution in [2.75, 3.05) is 33.4 Å². The van der Waals surface area contributed by atoms with Crippen LogP contribution < -0.4 is 19.9 Å². The maximum Gasteiger partial charge on any atom is 0.262 e. The van der Waals surface area contributed by atoms with Crippen LogP contribution in [0.2, 0.25) is 0 Å². The second-order valence-electron chi connectivity index (χ2n) is 5.99. The van der Waals surface area contributed by atoms with Gasteiger partial charge in [-0.05, 0) is 51.0 Å². The average Bonchev–Trinajstić information content (AvgIpc) is 2.53. The molecule has 0 aromatic heterocycles. The lowest BCUT2D eigenvalue weighted by molar-refractivity contribution is -0.127. The van der Waals surface area contributed by atoms with Crippen LogP contribution in [-0.4, -0.2) is 50.3 Å². The van der Waals surface area contributed by atoms with E-state index < -0.39 is 12.0 Å². The number of carbonyl (C=O) groups is 1. The summed E-state index contributed by atoms with van der Waals surface area (Å²) in [7, 11) is 2.15. The van der Waals surface area contributed by atoms with Crippen molar-refractivity contribution in [1.82, 2.24) is 4.90 Å². The van der Waals surface area contributed by atoms with Crippen LogP contribution in [0.5, 0.6) is 17.2 Å². The van der Waals surface area contributed by atoms with Crippen LogP contribution in [0.15, 0.2) is 18.2 Å². The number of ether oxygens (including phenoxy) is 3. The average molecular weight is 306 g/mol. The van der Waals surface area contributed by atoms with E-state index in [9.17, 15) is 4.79 Å². The van der Waals surface area contributed by atoms with Crippen molar-refractivity contribution in [1.29, 1.82) is 0 Å². The van der Waals surface area contributed by atoms with Crippen LogP contribution in [0.25, 0.3) is 0 Å². The Kier molecular flexibility index (Phi) is 4.38. The minimum absolute atomic E-state index is 0.151. The topological polar surface area (TPSA) is 74.0 Å². The minimum Gasteiger partial charge on any atom is -0.493 e. The number of amides is 1. The van der Waals surface area contributed by atoms with Gasteiger partial charge in [0.25, 0.3) is 5.91 Å². The molecule has 0 saturated carbocycles. The van der Waals surface area contributed by atoms with E-state index in [1.807, 2.05) is 6.07 Å². The Morgan fingerprint density at radius 1 is 1.36 bits per heavy atom. The van der Waals surface area contributed by atoms with Gasteiger partial charge in [0.2, 0.25) is 6.10 Å². The third kappa shape index (κ3) is 3.44. The number of hydrogen-bond donors (Lipinski definition) is 1. The lowest BCUT2D eigenvalue weighted by Gasteiger charge is -2.29. The van der Waals surface area contributed by atoms with Crippen LogP contribution in [-0.2, 0) is 4.79 Å². The quantitative estimate of drug-likeness (QED) is 0.899. The molecule has 0 radical (unpaired) electrons. The van der Waals surface area contributed by atoms with Crippen molar-refractivity contribution in [3.05, 3.63) is 18.2 Å². The number of benzene rings is 1. The number of rotatable bonds is 4. The predicted octanol–water partition coefficient (Wildman–Crippen LogP) is 1.03. The van der Waals surface area contributed by atoms with Crippen molar-refractivity contribution in [3.63, 3.8) is 0 Å². The molecular weight excluding hydrogens is 284 g/mol. The molecule has 1 aromatic rings. The summed E-state index contributed by atoms with van der Waals surface area (Å²) in [5.41, 5.74) is 5.25. The molecule has 2 aliphatic rings. The van der Waals surface area contributed by atoms with Gasteiger partial charge in [-0.1, -0.05) is 0 Å². The third-order valence-corrected chi connectivity index (χ3v) is 4.22. The molecule has 1 amide bonds. The number of primary amides is 1. The highest BCUT2D eigenvalue weighted by atomic mass is 16.6. The molecule has 6 heteroatoms. The minimum atomic E-state index is -0.739. The zero-order chi connectivity index (χ0) is 15.5. The van der Waals surface area contributed by atoms with Gasteiger partial charge in [-0.15, -0.1) is 0 Å². The molecule has 1 saturated heterocycles. The van der Waals surface area contributed by atoms with Gasteiger partial charge in [0, 0.05) is 6.07 Å². The number of piperidine rings is 1. The number of hydrogen-bond acceptors (Lipinski definition) is 5. The molecule has 1 aromatic carbocycles.